The van der Waals surface area contributed by atoms with Crippen LogP contribution in [0.3, 0.4) is 0 Å². The molecule has 0 bridgehead atoms. The Morgan fingerprint density at radius 1 is 1.33 bits per heavy atom. The van der Waals surface area contributed by atoms with E-state index < -0.39 is 0 Å². The summed E-state index contributed by atoms with van der Waals surface area (Å²) in [5.41, 5.74) is 3.39. The van der Waals surface area contributed by atoms with Crippen molar-refractivity contribution < 1.29 is 4.52 Å². The molecule has 1 unspecified atom stereocenters. The monoisotopic (exact) mass is 301 g/mol. The zero-order valence-corrected chi connectivity index (χ0v) is 13.1. The molecule has 110 valence electrons. The van der Waals surface area contributed by atoms with Gasteiger partial charge < -0.3 is 9.84 Å². The normalized spacial score (nSPS) is 19.9. The highest BCUT2D eigenvalue weighted by atomic mass is 32.2. The SMILES string of the molecule is Cc1noc(C)c1CN=C1NC(Cc2ccccc2)CS1. The summed E-state index contributed by atoms with van der Waals surface area (Å²) < 4.78 is 5.16. The van der Waals surface area contributed by atoms with Crippen LogP contribution < -0.4 is 5.32 Å². The molecule has 1 N–H and O–H groups in total. The van der Waals surface area contributed by atoms with Gasteiger partial charge in [-0.1, -0.05) is 47.3 Å². The van der Waals surface area contributed by atoms with E-state index in [2.05, 4.69) is 45.8 Å². The summed E-state index contributed by atoms with van der Waals surface area (Å²) in [5.74, 6) is 1.93. The number of aromatic nitrogens is 1. The molecule has 3 rings (SSSR count). The van der Waals surface area contributed by atoms with E-state index in [9.17, 15) is 0 Å². The second kappa shape index (κ2) is 6.35. The largest absolute Gasteiger partial charge is 0.361 e. The molecule has 5 heteroatoms. The maximum atomic E-state index is 5.16. The van der Waals surface area contributed by atoms with Crippen LogP contribution in [-0.2, 0) is 13.0 Å². The highest BCUT2D eigenvalue weighted by Crippen LogP contribution is 2.19. The lowest BCUT2D eigenvalue weighted by atomic mass is 10.1. The first kappa shape index (κ1) is 14.2. The first-order valence-electron chi connectivity index (χ1n) is 7.12. The molecule has 4 nitrogen and oxygen atoms in total. The third kappa shape index (κ3) is 3.47. The van der Waals surface area contributed by atoms with Gasteiger partial charge in [0.2, 0.25) is 0 Å². The molecular weight excluding hydrogens is 282 g/mol. The van der Waals surface area contributed by atoms with Gasteiger partial charge in [0.15, 0.2) is 5.17 Å². The second-order valence-corrected chi connectivity index (χ2v) is 6.27. The first-order chi connectivity index (χ1) is 10.2. The number of hydrogen-bond acceptors (Lipinski definition) is 4. The van der Waals surface area contributed by atoms with Crippen LogP contribution in [0.15, 0.2) is 39.8 Å². The highest BCUT2D eigenvalue weighted by molar-refractivity contribution is 8.14. The number of aliphatic imine (C=N–C) groups is 1. The molecule has 21 heavy (non-hydrogen) atoms. The van der Waals surface area contributed by atoms with Crippen molar-refractivity contribution in [2.24, 2.45) is 4.99 Å². The molecule has 1 aliphatic rings. The number of hydrogen-bond donors (Lipinski definition) is 1. The predicted molar refractivity (Wildman–Crippen MR) is 86.6 cm³/mol. The molecule has 1 aliphatic heterocycles. The summed E-state index contributed by atoms with van der Waals surface area (Å²) in [7, 11) is 0. The molecule has 1 atom stereocenters. The number of aryl methyl sites for hydroxylation is 2. The summed E-state index contributed by atoms with van der Waals surface area (Å²) in [6, 6.07) is 11.0. The maximum Gasteiger partial charge on any atom is 0.157 e. The molecule has 1 saturated heterocycles. The molecule has 2 heterocycles. The van der Waals surface area contributed by atoms with Gasteiger partial charge in [-0.15, -0.1) is 0 Å². The fourth-order valence-electron chi connectivity index (χ4n) is 2.42. The smallest absolute Gasteiger partial charge is 0.157 e. The summed E-state index contributed by atoms with van der Waals surface area (Å²) >= 11 is 1.79. The number of rotatable bonds is 4. The fourth-order valence-corrected chi connectivity index (χ4v) is 3.38. The van der Waals surface area contributed by atoms with E-state index >= 15 is 0 Å². The van der Waals surface area contributed by atoms with Crippen molar-refractivity contribution in [3.63, 3.8) is 0 Å². The lowest BCUT2D eigenvalue weighted by molar-refractivity contribution is 0.392. The van der Waals surface area contributed by atoms with Gasteiger partial charge in [-0.25, -0.2) is 0 Å². The van der Waals surface area contributed by atoms with E-state index in [1.165, 1.54) is 5.56 Å². The van der Waals surface area contributed by atoms with Crippen molar-refractivity contribution in [1.82, 2.24) is 10.5 Å². The first-order valence-corrected chi connectivity index (χ1v) is 8.10. The van der Waals surface area contributed by atoms with Crippen molar-refractivity contribution in [2.75, 3.05) is 5.75 Å². The Morgan fingerprint density at radius 3 is 2.86 bits per heavy atom. The van der Waals surface area contributed by atoms with Gasteiger partial charge in [0.25, 0.3) is 0 Å². The van der Waals surface area contributed by atoms with E-state index in [0.717, 1.165) is 34.4 Å². The van der Waals surface area contributed by atoms with Crippen LogP contribution in [0.4, 0.5) is 0 Å². The highest BCUT2D eigenvalue weighted by Gasteiger charge is 2.20. The van der Waals surface area contributed by atoms with Crippen molar-refractivity contribution >= 4 is 16.9 Å². The van der Waals surface area contributed by atoms with Crippen LogP contribution in [0.2, 0.25) is 0 Å². The molecule has 0 aliphatic carbocycles. The Labute approximate surface area is 129 Å². The van der Waals surface area contributed by atoms with Gasteiger partial charge in [0, 0.05) is 17.4 Å². The molecule has 2 aromatic rings. The topological polar surface area (TPSA) is 50.4 Å². The Balaban J connectivity index is 1.58. The molecule has 0 radical (unpaired) electrons. The van der Waals surface area contributed by atoms with Crippen LogP contribution in [0.5, 0.6) is 0 Å². The number of nitrogens with zero attached hydrogens (tertiary/aromatic N) is 2. The minimum Gasteiger partial charge on any atom is -0.361 e. The predicted octanol–water partition coefficient (Wildman–Crippen LogP) is 3.10. The molecule has 1 aromatic heterocycles. The zero-order chi connectivity index (χ0) is 14.7. The number of thioether (sulfide) groups is 1. The molecule has 0 saturated carbocycles. The second-order valence-electron chi connectivity index (χ2n) is 5.27. The third-order valence-corrected chi connectivity index (χ3v) is 4.73. The maximum absolute atomic E-state index is 5.16. The third-order valence-electron chi connectivity index (χ3n) is 3.64. The van der Waals surface area contributed by atoms with E-state index in [4.69, 9.17) is 4.52 Å². The van der Waals surface area contributed by atoms with E-state index in [0.29, 0.717) is 12.6 Å². The van der Waals surface area contributed by atoms with Gasteiger partial charge in [-0.05, 0) is 25.8 Å². The van der Waals surface area contributed by atoms with Crippen LogP contribution in [-0.4, -0.2) is 22.1 Å². The van der Waals surface area contributed by atoms with Crippen LogP contribution in [0, 0.1) is 13.8 Å². The number of amidine groups is 1. The summed E-state index contributed by atoms with van der Waals surface area (Å²) in [5, 5.41) is 8.49. The van der Waals surface area contributed by atoms with Crippen LogP contribution in [0.25, 0.3) is 0 Å². The summed E-state index contributed by atoms with van der Waals surface area (Å²) in [6.07, 6.45) is 1.04. The van der Waals surface area contributed by atoms with Crippen LogP contribution in [0.1, 0.15) is 22.6 Å². The number of benzene rings is 1. The summed E-state index contributed by atoms with van der Waals surface area (Å²) in [4.78, 5) is 4.65. The Kier molecular flexibility index (Phi) is 4.29. The van der Waals surface area contributed by atoms with Crippen molar-refractivity contribution in [3.8, 4) is 0 Å². The van der Waals surface area contributed by atoms with Crippen LogP contribution >= 0.6 is 11.8 Å². The summed E-state index contributed by atoms with van der Waals surface area (Å²) in [6.45, 7) is 4.52. The van der Waals surface area contributed by atoms with Gasteiger partial charge in [-0.2, -0.15) is 0 Å². The molecule has 1 aromatic carbocycles. The minimum absolute atomic E-state index is 0.459. The van der Waals surface area contributed by atoms with Gasteiger partial charge in [0.05, 0.1) is 12.2 Å². The number of nitrogens with one attached hydrogen (secondary N) is 1. The average Bonchev–Trinajstić information content (AvgIpc) is 3.06. The molecule has 0 amide bonds. The van der Waals surface area contributed by atoms with Crippen molar-refractivity contribution in [2.45, 2.75) is 32.9 Å². The zero-order valence-electron chi connectivity index (χ0n) is 12.3. The fraction of sp³-hybridized carbons (Fsp3) is 0.375. The van der Waals surface area contributed by atoms with E-state index in [1.54, 1.807) is 11.8 Å². The van der Waals surface area contributed by atoms with E-state index in [-0.39, 0.29) is 0 Å². The van der Waals surface area contributed by atoms with E-state index in [1.807, 2.05) is 13.8 Å². The Hall–Kier alpha value is -1.75. The van der Waals surface area contributed by atoms with Crippen molar-refractivity contribution in [1.29, 1.82) is 0 Å². The Bertz CT molecular complexity index is 617. The molecule has 1 fully saturated rings. The lowest BCUT2D eigenvalue weighted by Crippen LogP contribution is -2.29. The van der Waals surface area contributed by atoms with Gasteiger partial charge in [-0.3, -0.25) is 4.99 Å². The van der Waals surface area contributed by atoms with Crippen molar-refractivity contribution in [3.05, 3.63) is 52.9 Å². The quantitative estimate of drug-likeness (QED) is 0.943. The minimum atomic E-state index is 0.459. The van der Waals surface area contributed by atoms with Gasteiger partial charge >= 0.3 is 0 Å². The Morgan fingerprint density at radius 2 is 2.14 bits per heavy atom. The standard InChI is InChI=1S/C16H19N3OS/c1-11-15(12(2)20-19-11)9-17-16-18-14(10-21-16)8-13-6-4-3-5-7-13/h3-7,14H,8-10H2,1-2H3,(H,17,18). The molecular formula is C16H19N3OS. The van der Waals surface area contributed by atoms with Gasteiger partial charge in [0.1, 0.15) is 5.76 Å². The average molecular weight is 301 g/mol. The molecule has 0 spiro atoms. The lowest BCUT2D eigenvalue weighted by Gasteiger charge is -2.09.